The van der Waals surface area contributed by atoms with Crippen molar-refractivity contribution in [3.8, 4) is 0 Å². The van der Waals surface area contributed by atoms with Crippen LogP contribution >= 0.6 is 0 Å². The Kier molecular flexibility index (Phi) is 43.1. The second-order valence-corrected chi connectivity index (χ2v) is 11.6. The molecule has 3 atom stereocenters. The van der Waals surface area contributed by atoms with Crippen molar-refractivity contribution in [1.82, 2.24) is 0 Å². The molecule has 0 N–H and O–H groups in total. The Labute approximate surface area is 255 Å². The van der Waals surface area contributed by atoms with E-state index in [2.05, 4.69) is 27.7 Å². The number of carboxylic acids is 3. The number of unbranched alkanes of at least 4 members (excludes halogenated alkanes) is 8. The molecule has 6 nitrogen and oxygen atoms in total. The van der Waals surface area contributed by atoms with E-state index in [1.54, 1.807) is 22.5 Å². The van der Waals surface area contributed by atoms with Crippen LogP contribution in [0.3, 0.4) is 0 Å². The first-order valence-corrected chi connectivity index (χ1v) is 17.9. The van der Waals surface area contributed by atoms with E-state index in [-0.39, 0.29) is 17.8 Å². The van der Waals surface area contributed by atoms with Gasteiger partial charge in [0.05, 0.1) is 0 Å². The van der Waals surface area contributed by atoms with Crippen LogP contribution in [0, 0.1) is 17.8 Å². The standard InChI is InChI=1S/3C8H16O2.C8H17.Sn/c3*1-3-5-6-7(4-2)8(9)10;1-3-5-7-8-6-4-2;/h3*7H,3-6H2,1-2H3,(H,9,10);1,3-8H2,2H3;/q;;;;+3/p-3. The molecule has 39 heavy (non-hydrogen) atoms. The van der Waals surface area contributed by atoms with Gasteiger partial charge in [0.15, 0.2) is 0 Å². The molecule has 0 amide bonds. The fourth-order valence-corrected chi connectivity index (χ4v) is 4.44. The zero-order chi connectivity index (χ0) is 30.9. The average Bonchev–Trinajstić information content (AvgIpc) is 2.90. The Morgan fingerprint density at radius 3 is 0.923 bits per heavy atom. The number of rotatable bonds is 21. The molecule has 0 aromatic heterocycles. The molecule has 0 aromatic rings. The van der Waals surface area contributed by atoms with Crippen LogP contribution < -0.4 is 15.3 Å². The summed E-state index contributed by atoms with van der Waals surface area (Å²) in [6.45, 7) is 14.1. The quantitative estimate of drug-likeness (QED) is 0.113. The van der Waals surface area contributed by atoms with Crippen LogP contribution in [0.1, 0.15) is 164 Å². The molecule has 0 rings (SSSR count). The van der Waals surface area contributed by atoms with Gasteiger partial charge in [-0.3, -0.25) is 0 Å². The van der Waals surface area contributed by atoms with E-state index in [1.807, 2.05) is 20.8 Å². The van der Waals surface area contributed by atoms with Gasteiger partial charge in [-0.25, -0.2) is 0 Å². The third-order valence-corrected chi connectivity index (χ3v) is 7.74. The van der Waals surface area contributed by atoms with Gasteiger partial charge in [0.25, 0.3) is 0 Å². The molecule has 3 unspecified atom stereocenters. The molecule has 0 fully saturated rings. The maximum atomic E-state index is 10.3. The average molecular weight is 662 g/mol. The van der Waals surface area contributed by atoms with E-state index in [0.29, 0.717) is 19.3 Å². The van der Waals surface area contributed by atoms with Crippen LogP contribution in [-0.4, -0.2) is 40.4 Å². The summed E-state index contributed by atoms with van der Waals surface area (Å²) in [5.41, 5.74) is 0. The van der Waals surface area contributed by atoms with Gasteiger partial charge < -0.3 is 29.7 Å². The van der Waals surface area contributed by atoms with Gasteiger partial charge in [0.1, 0.15) is 0 Å². The normalized spacial score (nSPS) is 12.3. The monoisotopic (exact) mass is 662 g/mol. The van der Waals surface area contributed by atoms with E-state index < -0.39 is 17.9 Å². The van der Waals surface area contributed by atoms with Crippen LogP contribution in [0.2, 0.25) is 4.44 Å². The van der Waals surface area contributed by atoms with Crippen LogP contribution in [0.15, 0.2) is 0 Å². The van der Waals surface area contributed by atoms with Crippen molar-refractivity contribution in [2.45, 2.75) is 168 Å². The number of hydrogen-bond acceptors (Lipinski definition) is 6. The Morgan fingerprint density at radius 2 is 0.718 bits per heavy atom. The Morgan fingerprint density at radius 1 is 0.462 bits per heavy atom. The summed E-state index contributed by atoms with van der Waals surface area (Å²) < 4.78 is 1.46. The van der Waals surface area contributed by atoms with E-state index in [1.165, 1.54) is 43.0 Å². The first-order chi connectivity index (χ1) is 18.6. The third-order valence-electron chi connectivity index (χ3n) is 6.73. The number of hydrogen-bond donors (Lipinski definition) is 0. The van der Waals surface area contributed by atoms with Crippen LogP contribution in [0.4, 0.5) is 0 Å². The molecule has 0 aliphatic rings. The van der Waals surface area contributed by atoms with Gasteiger partial charge in [-0.15, -0.1) is 0 Å². The van der Waals surface area contributed by atoms with Crippen molar-refractivity contribution < 1.29 is 29.7 Å². The molecule has 0 aliphatic heterocycles. The van der Waals surface area contributed by atoms with Gasteiger partial charge in [0.2, 0.25) is 0 Å². The molecule has 0 saturated carbocycles. The van der Waals surface area contributed by atoms with Crippen molar-refractivity contribution in [2.75, 3.05) is 0 Å². The van der Waals surface area contributed by atoms with Gasteiger partial charge in [0, 0.05) is 17.9 Å². The summed E-state index contributed by atoms with van der Waals surface area (Å²) in [7, 11) is 0. The van der Waals surface area contributed by atoms with E-state index in [4.69, 9.17) is 0 Å². The number of carboxylic acid groups (broad SMARTS) is 3. The second-order valence-electron chi connectivity index (χ2n) is 10.2. The zero-order valence-electron chi connectivity index (χ0n) is 26.6. The zero-order valence-corrected chi connectivity index (χ0v) is 29.5. The molecule has 0 heterocycles. The Balaban J connectivity index is -0.000000210. The van der Waals surface area contributed by atoms with Gasteiger partial charge >= 0.3 is 72.4 Å². The molecule has 0 aromatic carbocycles. The second kappa shape index (κ2) is 37.2. The molecule has 0 bridgehead atoms. The van der Waals surface area contributed by atoms with Gasteiger partial charge in [-0.05, 0) is 56.3 Å². The number of carbonyl (C=O) groups is 3. The molecule has 7 heteroatoms. The molecule has 0 radical (unpaired) electrons. The molecule has 230 valence electrons. The predicted octanol–water partition coefficient (Wildman–Crippen LogP) is 5.79. The van der Waals surface area contributed by atoms with E-state index >= 15 is 0 Å². The molecule has 0 aliphatic carbocycles. The predicted molar refractivity (Wildman–Crippen MR) is 159 cm³/mol. The summed E-state index contributed by atoms with van der Waals surface area (Å²) in [4.78, 5) is 31.0. The van der Waals surface area contributed by atoms with Crippen LogP contribution in [0.25, 0.3) is 0 Å². The third kappa shape index (κ3) is 37.2. The fourth-order valence-electron chi connectivity index (χ4n) is 3.72. The van der Waals surface area contributed by atoms with Crippen molar-refractivity contribution in [2.24, 2.45) is 17.8 Å². The number of aliphatic carboxylic acids is 3. The molecular formula is C32H62O6Sn. The molecule has 0 saturated heterocycles. The van der Waals surface area contributed by atoms with Crippen molar-refractivity contribution >= 4 is 40.4 Å². The van der Waals surface area contributed by atoms with Crippen LogP contribution in [-0.2, 0) is 14.4 Å². The first-order valence-electron chi connectivity index (χ1n) is 15.8. The van der Waals surface area contributed by atoms with Crippen molar-refractivity contribution in [3.05, 3.63) is 0 Å². The van der Waals surface area contributed by atoms with Crippen molar-refractivity contribution in [3.63, 3.8) is 0 Å². The van der Waals surface area contributed by atoms with Gasteiger partial charge in [-0.1, -0.05) is 80.1 Å². The topological polar surface area (TPSA) is 120 Å². The first kappa shape index (κ1) is 45.2. The molecule has 0 spiro atoms. The van der Waals surface area contributed by atoms with Crippen LogP contribution in [0.5, 0.6) is 0 Å². The Bertz CT molecular complexity index is 459. The minimum absolute atomic E-state index is 0.222. The Hall–Kier alpha value is -0.791. The summed E-state index contributed by atoms with van der Waals surface area (Å²) >= 11 is 1.71. The number of carbonyl (C=O) groups excluding carboxylic acids is 3. The summed E-state index contributed by atoms with van der Waals surface area (Å²) in [5.74, 6) is -3.34. The summed E-state index contributed by atoms with van der Waals surface area (Å²) in [5, 5.41) is 31.0. The summed E-state index contributed by atoms with van der Waals surface area (Å²) in [6, 6.07) is 0. The summed E-state index contributed by atoms with van der Waals surface area (Å²) in [6.07, 6.45) is 19.3. The van der Waals surface area contributed by atoms with E-state index in [0.717, 1.165) is 57.8 Å². The molecular weight excluding hydrogens is 599 g/mol. The SMILES string of the molecule is CCCCC(CC)C(=O)[O-].CCCCC(CC)C(=O)[O-].CCCCC(CC)C(=O)[O-].CCCCCCC[CH2][Sn+3]. The van der Waals surface area contributed by atoms with Gasteiger partial charge in [-0.2, -0.15) is 0 Å². The maximum absolute atomic E-state index is 10.3. The fraction of sp³-hybridized carbons (Fsp3) is 0.906. The van der Waals surface area contributed by atoms with Crippen molar-refractivity contribution in [1.29, 1.82) is 0 Å². The minimum atomic E-state index is -0.893. The van der Waals surface area contributed by atoms with E-state index in [9.17, 15) is 29.7 Å².